The van der Waals surface area contributed by atoms with Crippen molar-refractivity contribution in [2.24, 2.45) is 0 Å². The fourth-order valence-electron chi connectivity index (χ4n) is 2.21. The molecule has 0 N–H and O–H groups in total. The Labute approximate surface area is 144 Å². The molecular formula is C19H12N4O2. The number of carbonyl (C=O) groups is 1. The lowest BCUT2D eigenvalue weighted by molar-refractivity contribution is -0.124. The molecule has 0 aliphatic heterocycles. The van der Waals surface area contributed by atoms with E-state index in [9.17, 15) is 4.79 Å². The molecule has 25 heavy (non-hydrogen) atoms. The minimum atomic E-state index is -0.0951. The molecule has 6 nitrogen and oxygen atoms in total. The van der Waals surface area contributed by atoms with Crippen LogP contribution in [0.1, 0.15) is 5.56 Å². The molecule has 0 aliphatic carbocycles. The van der Waals surface area contributed by atoms with Gasteiger partial charge in [-0.1, -0.05) is 12.1 Å². The number of hydrogen-bond acceptors (Lipinski definition) is 6. The molecule has 0 radical (unpaired) electrons. The highest BCUT2D eigenvalue weighted by Crippen LogP contribution is 2.21. The van der Waals surface area contributed by atoms with Gasteiger partial charge in [0, 0.05) is 12.4 Å². The molecule has 0 unspecified atom stereocenters. The molecule has 0 atom stereocenters. The number of carbonyl (C=O) groups excluding carboxylic acids is 1. The number of rotatable bonds is 5. The molecule has 3 aromatic rings. The molecule has 0 aromatic carbocycles. The van der Waals surface area contributed by atoms with Crippen molar-refractivity contribution in [1.82, 2.24) is 15.0 Å². The molecule has 6 heteroatoms. The first kappa shape index (κ1) is 16.0. The third-order valence-corrected chi connectivity index (χ3v) is 3.31. The predicted octanol–water partition coefficient (Wildman–Crippen LogP) is 3.24. The number of pyridine rings is 3. The van der Waals surface area contributed by atoms with Crippen LogP contribution in [0.4, 0.5) is 0 Å². The largest absolute Gasteiger partial charge is 0.417 e. The summed E-state index contributed by atoms with van der Waals surface area (Å²) in [5.74, 6) is -0.0951. The molecular weight excluding hydrogens is 316 g/mol. The quantitative estimate of drug-likeness (QED) is 0.406. The first-order valence-corrected chi connectivity index (χ1v) is 7.37. The minimum Gasteiger partial charge on any atom is -0.417 e. The van der Waals surface area contributed by atoms with E-state index in [1.165, 1.54) is 6.08 Å². The van der Waals surface area contributed by atoms with E-state index in [0.29, 0.717) is 17.0 Å². The maximum absolute atomic E-state index is 10.4. The normalized spacial score (nSPS) is 10.8. The molecule has 0 saturated carbocycles. The Morgan fingerprint density at radius 1 is 0.960 bits per heavy atom. The second-order valence-corrected chi connectivity index (χ2v) is 4.93. The zero-order valence-corrected chi connectivity index (χ0v) is 13.0. The van der Waals surface area contributed by atoms with E-state index in [2.05, 4.69) is 19.7 Å². The van der Waals surface area contributed by atoms with Crippen LogP contribution < -0.4 is 0 Å². The summed E-state index contributed by atoms with van der Waals surface area (Å²) in [5.41, 5.74) is 3.49. The molecule has 3 rings (SSSR count). The summed E-state index contributed by atoms with van der Waals surface area (Å²) in [5, 5.41) is 8.93. The van der Waals surface area contributed by atoms with Gasteiger partial charge in [0.05, 0.1) is 22.8 Å². The van der Waals surface area contributed by atoms with Crippen LogP contribution in [0.5, 0.6) is 0 Å². The van der Waals surface area contributed by atoms with Crippen LogP contribution in [-0.4, -0.2) is 21.4 Å². The van der Waals surface area contributed by atoms with E-state index >= 15 is 0 Å². The average molecular weight is 328 g/mol. The van der Waals surface area contributed by atoms with Gasteiger partial charge in [0.2, 0.25) is 5.76 Å². The van der Waals surface area contributed by atoms with E-state index in [4.69, 9.17) is 5.26 Å². The fraction of sp³-hybridized carbons (Fsp3) is 0. The van der Waals surface area contributed by atoms with Gasteiger partial charge in [-0.25, -0.2) is 4.98 Å². The van der Waals surface area contributed by atoms with Gasteiger partial charge in [0.25, 0.3) is 6.47 Å². The van der Waals surface area contributed by atoms with Gasteiger partial charge in [0.15, 0.2) is 0 Å². The molecule has 0 bridgehead atoms. The molecule has 0 aliphatic rings. The first-order valence-electron chi connectivity index (χ1n) is 7.37. The van der Waals surface area contributed by atoms with Gasteiger partial charge in [-0.05, 0) is 48.0 Å². The van der Waals surface area contributed by atoms with Crippen molar-refractivity contribution >= 4 is 12.5 Å². The second-order valence-electron chi connectivity index (χ2n) is 4.93. The van der Waals surface area contributed by atoms with E-state index in [0.717, 1.165) is 11.4 Å². The van der Waals surface area contributed by atoms with E-state index in [1.807, 2.05) is 36.4 Å². The van der Waals surface area contributed by atoms with Crippen LogP contribution in [0.25, 0.3) is 28.9 Å². The molecule has 3 aromatic heterocycles. The lowest BCUT2D eigenvalue weighted by atomic mass is 10.1. The highest BCUT2D eigenvalue weighted by molar-refractivity contribution is 5.65. The number of allylic oxidation sites excluding steroid dienone is 1. The average Bonchev–Trinajstić information content (AvgIpc) is 2.68. The maximum atomic E-state index is 10.4. The first-order chi connectivity index (χ1) is 12.3. The van der Waals surface area contributed by atoms with Crippen molar-refractivity contribution in [1.29, 1.82) is 5.26 Å². The van der Waals surface area contributed by atoms with Crippen molar-refractivity contribution < 1.29 is 9.53 Å². The van der Waals surface area contributed by atoms with Crippen molar-refractivity contribution in [3.8, 4) is 28.8 Å². The number of nitrogens with zero attached hydrogens (tertiary/aromatic N) is 4. The molecule has 3 heterocycles. The molecule has 0 amide bonds. The Morgan fingerprint density at radius 3 is 2.44 bits per heavy atom. The fourth-order valence-corrected chi connectivity index (χ4v) is 2.21. The maximum Gasteiger partial charge on any atom is 0.299 e. The molecule has 0 saturated heterocycles. The van der Waals surface area contributed by atoms with Gasteiger partial charge < -0.3 is 4.74 Å². The lowest BCUT2D eigenvalue weighted by Gasteiger charge is -2.05. The summed E-state index contributed by atoms with van der Waals surface area (Å²) >= 11 is 0. The van der Waals surface area contributed by atoms with Gasteiger partial charge in [0.1, 0.15) is 6.07 Å². The van der Waals surface area contributed by atoms with Crippen molar-refractivity contribution in [2.75, 3.05) is 0 Å². The van der Waals surface area contributed by atoms with Crippen molar-refractivity contribution in [2.45, 2.75) is 0 Å². The third-order valence-electron chi connectivity index (χ3n) is 3.31. The van der Waals surface area contributed by atoms with Crippen molar-refractivity contribution in [3.63, 3.8) is 0 Å². The second kappa shape index (κ2) is 7.62. The van der Waals surface area contributed by atoms with Gasteiger partial charge >= 0.3 is 0 Å². The Kier molecular flexibility index (Phi) is 4.88. The van der Waals surface area contributed by atoms with Crippen LogP contribution >= 0.6 is 0 Å². The van der Waals surface area contributed by atoms with Crippen LogP contribution in [0.3, 0.4) is 0 Å². The summed E-state index contributed by atoms with van der Waals surface area (Å²) in [6.45, 7) is 0.217. The van der Waals surface area contributed by atoms with Gasteiger partial charge in [-0.3, -0.25) is 14.8 Å². The Balaban J connectivity index is 1.97. The monoisotopic (exact) mass is 328 g/mol. The molecule has 0 spiro atoms. The smallest absolute Gasteiger partial charge is 0.299 e. The summed E-state index contributed by atoms with van der Waals surface area (Å²) in [6, 6.07) is 16.5. The van der Waals surface area contributed by atoms with Crippen LogP contribution in [0.2, 0.25) is 0 Å². The lowest BCUT2D eigenvalue weighted by Crippen LogP contribution is -1.92. The molecule has 120 valence electrons. The van der Waals surface area contributed by atoms with E-state index < -0.39 is 0 Å². The Hall–Kier alpha value is -3.85. The van der Waals surface area contributed by atoms with Gasteiger partial charge in [-0.2, -0.15) is 5.26 Å². The third kappa shape index (κ3) is 3.92. The number of aromatic nitrogens is 3. The van der Waals surface area contributed by atoms with E-state index in [-0.39, 0.29) is 12.2 Å². The summed E-state index contributed by atoms with van der Waals surface area (Å²) in [7, 11) is 0. The zero-order valence-electron chi connectivity index (χ0n) is 13.0. The Morgan fingerprint density at radius 2 is 1.72 bits per heavy atom. The standard InChI is InChI=1S/C19H12N4O2/c20-12-15(25-13-24)10-14-7-9-22-19(11-14)18-6-3-5-17(23-18)16-4-1-2-8-21-16/h1-11,13H/b15-10+. The van der Waals surface area contributed by atoms with Gasteiger partial charge in [-0.15, -0.1) is 0 Å². The topological polar surface area (TPSA) is 88.8 Å². The highest BCUT2D eigenvalue weighted by Gasteiger charge is 2.06. The number of nitriles is 1. The number of ether oxygens (including phenoxy) is 1. The zero-order chi connectivity index (χ0) is 17.5. The van der Waals surface area contributed by atoms with Crippen LogP contribution in [0.15, 0.2) is 66.7 Å². The van der Waals surface area contributed by atoms with Crippen LogP contribution in [-0.2, 0) is 9.53 Å². The summed E-state index contributed by atoms with van der Waals surface area (Å²) in [6.07, 6.45) is 4.78. The molecule has 0 fully saturated rings. The Bertz CT molecular complexity index is 962. The van der Waals surface area contributed by atoms with Crippen LogP contribution in [0, 0.1) is 11.3 Å². The summed E-state index contributed by atoms with van der Waals surface area (Å²) in [4.78, 5) is 23.6. The minimum absolute atomic E-state index is 0.0951. The summed E-state index contributed by atoms with van der Waals surface area (Å²) < 4.78 is 4.59. The van der Waals surface area contributed by atoms with E-state index in [1.54, 1.807) is 30.6 Å². The highest BCUT2D eigenvalue weighted by atomic mass is 16.5. The van der Waals surface area contributed by atoms with Crippen molar-refractivity contribution in [3.05, 3.63) is 72.2 Å². The predicted molar refractivity (Wildman–Crippen MR) is 91.4 cm³/mol. The SMILES string of the molecule is N#C/C(=C\c1ccnc(-c2cccc(-c3ccccn3)n2)c1)OC=O. The number of hydrogen-bond donors (Lipinski definition) is 0.